The van der Waals surface area contributed by atoms with Gasteiger partial charge in [-0.3, -0.25) is 9.69 Å². The smallest absolute Gasteiger partial charge is 0.163 e. The third-order valence-electron chi connectivity index (χ3n) is 3.38. The van der Waals surface area contributed by atoms with E-state index in [9.17, 15) is 4.79 Å². The number of carbonyl (C=O) groups is 1. The highest BCUT2D eigenvalue weighted by Gasteiger charge is 2.11. The predicted molar refractivity (Wildman–Crippen MR) is 79.4 cm³/mol. The molecule has 4 heteroatoms. The number of nitrogens with zero attached hydrogens (tertiary/aromatic N) is 1. The Kier molecular flexibility index (Phi) is 5.95. The van der Waals surface area contributed by atoms with Gasteiger partial charge in [0.15, 0.2) is 5.78 Å². The minimum atomic E-state index is 0.0589. The Morgan fingerprint density at radius 2 is 2.00 bits per heavy atom. The second-order valence-corrected chi connectivity index (χ2v) is 4.80. The van der Waals surface area contributed by atoms with E-state index in [0.29, 0.717) is 17.9 Å². The van der Waals surface area contributed by atoms with Crippen LogP contribution in [0.2, 0.25) is 0 Å². The monoisotopic (exact) mass is 260 g/mol. The zero-order chi connectivity index (χ0) is 14.8. The fourth-order valence-corrected chi connectivity index (χ4v) is 2.35. The van der Waals surface area contributed by atoms with Crippen LogP contribution in [0.5, 0.6) is 5.75 Å². The van der Waals surface area contributed by atoms with Crippen LogP contribution in [0.1, 0.15) is 36.5 Å². The number of benzene rings is 1. The first-order valence-corrected chi connectivity index (χ1v) is 6.72. The average molecular weight is 260 g/mol. The molecule has 0 N–H and O–H groups in total. The van der Waals surface area contributed by atoms with Gasteiger partial charge in [-0.25, -0.2) is 0 Å². The summed E-state index contributed by atoms with van der Waals surface area (Å²) in [7, 11) is 3.75. The first kappa shape index (κ1) is 14.1. The molecule has 0 unspecified atom stereocenters. The minimum absolute atomic E-state index is 0.0589. The van der Waals surface area contributed by atoms with Gasteiger partial charge in [0.05, 0.1) is 5.56 Å². The van der Waals surface area contributed by atoms with Gasteiger partial charge in [0, 0.05) is 14.9 Å². The van der Waals surface area contributed by atoms with E-state index < -0.39 is 0 Å². The molecular weight excluding hydrogens is 237 g/mol. The van der Waals surface area contributed by atoms with Crippen LogP contribution in [-0.4, -0.2) is 46.6 Å². The largest absolute Gasteiger partial charge is 0.491 e. The summed E-state index contributed by atoms with van der Waals surface area (Å²) in [6.07, 6.45) is 3.94. The molecule has 0 atom stereocenters. The van der Waals surface area contributed by atoms with Crippen molar-refractivity contribution in [1.82, 2.24) is 4.90 Å². The van der Waals surface area contributed by atoms with Gasteiger partial charge in [0.1, 0.15) is 12.4 Å². The van der Waals surface area contributed by atoms with Gasteiger partial charge in [-0.15, -0.1) is 0 Å². The number of carbonyl (C=O) groups excluding carboxylic acids is 1. The van der Waals surface area contributed by atoms with Gasteiger partial charge >= 0.3 is 0 Å². The zero-order valence-electron chi connectivity index (χ0n) is 12.6. The maximum absolute atomic E-state index is 11.4. The van der Waals surface area contributed by atoms with Crippen LogP contribution in [0.15, 0.2) is 24.3 Å². The van der Waals surface area contributed by atoms with Crippen LogP contribution in [-0.2, 0) is 0 Å². The fourth-order valence-electron chi connectivity index (χ4n) is 2.35. The molecule has 0 saturated carbocycles. The van der Waals surface area contributed by atoms with Crippen molar-refractivity contribution in [2.75, 3.05) is 26.2 Å². The van der Waals surface area contributed by atoms with Crippen LogP contribution < -0.4 is 4.74 Å². The van der Waals surface area contributed by atoms with E-state index in [-0.39, 0.29) is 5.78 Å². The molecule has 2 rings (SSSR count). The van der Waals surface area contributed by atoms with E-state index in [1.165, 1.54) is 32.4 Å². The van der Waals surface area contributed by atoms with E-state index in [1.807, 2.05) is 24.3 Å². The highest BCUT2D eigenvalue weighted by molar-refractivity contribution is 5.96. The van der Waals surface area contributed by atoms with Crippen molar-refractivity contribution in [3.05, 3.63) is 29.8 Å². The summed E-state index contributed by atoms with van der Waals surface area (Å²) in [6, 6.07) is 7.46. The summed E-state index contributed by atoms with van der Waals surface area (Å²) < 4.78 is 11.0. The van der Waals surface area contributed by atoms with Gasteiger partial charge in [-0.2, -0.15) is 0 Å². The first-order chi connectivity index (χ1) is 9.77. The lowest BCUT2D eigenvalue weighted by atomic mass is 10.1. The second kappa shape index (κ2) is 8.00. The van der Waals surface area contributed by atoms with Gasteiger partial charge < -0.3 is 4.74 Å². The van der Waals surface area contributed by atoms with Gasteiger partial charge in [-0.05, 0) is 46.3 Å². The number of rotatable bonds is 5. The van der Waals surface area contributed by atoms with E-state index in [1.54, 1.807) is 6.92 Å². The van der Waals surface area contributed by atoms with Crippen LogP contribution in [0, 0.1) is 0 Å². The van der Waals surface area contributed by atoms with E-state index in [4.69, 9.17) is 6.07 Å². The molecule has 1 fully saturated rings. The summed E-state index contributed by atoms with van der Waals surface area (Å²) in [6.45, 7) is 5.54. The Labute approximate surface area is 118 Å². The summed E-state index contributed by atoms with van der Waals surface area (Å²) in [5.41, 5.74) is 0.677. The lowest BCUT2D eigenvalue weighted by Crippen LogP contribution is -2.33. The second-order valence-electron chi connectivity index (χ2n) is 4.80. The minimum Gasteiger partial charge on any atom is -0.491 e. The quantitative estimate of drug-likeness (QED) is 0.600. The number of piperidine rings is 1. The first-order valence-electron chi connectivity index (χ1n) is 7.30. The number of para-hydroxylation sites is 1. The number of hydrogen-bond donors (Lipinski definition) is 0. The Morgan fingerprint density at radius 1 is 1.32 bits per heavy atom. The molecule has 0 aliphatic carbocycles. The zero-order valence-corrected chi connectivity index (χ0v) is 11.6. The average Bonchev–Trinajstić information content (AvgIpc) is 2.51. The highest BCUT2D eigenvalue weighted by Crippen LogP contribution is 2.18. The van der Waals surface area contributed by atoms with Crippen LogP contribution in [0.3, 0.4) is 0 Å². The summed E-state index contributed by atoms with van der Waals surface area (Å²) in [4.78, 5) is 13.9. The van der Waals surface area contributed by atoms with E-state index in [2.05, 4.69) is 13.3 Å². The lowest BCUT2D eigenvalue weighted by Gasteiger charge is -2.26. The SMILES string of the molecule is CC(=O)c1ccccc1OCCN1CCCCC1.[2H][B]. The van der Waals surface area contributed by atoms with Gasteiger partial charge in [0.25, 0.3) is 0 Å². The van der Waals surface area contributed by atoms with Crippen molar-refractivity contribution in [2.45, 2.75) is 26.2 Å². The number of likely N-dealkylation sites (tertiary alicyclic amines) is 1. The Balaban J connectivity index is 0.000000956. The molecule has 1 heterocycles. The van der Waals surface area contributed by atoms with Crippen LogP contribution >= 0.6 is 0 Å². The summed E-state index contributed by atoms with van der Waals surface area (Å²) in [5, 5.41) is 0. The van der Waals surface area contributed by atoms with Crippen molar-refractivity contribution in [3.63, 3.8) is 0 Å². The summed E-state index contributed by atoms with van der Waals surface area (Å²) in [5.74, 6) is 0.769. The van der Waals surface area contributed by atoms with Crippen LogP contribution in [0.4, 0.5) is 0 Å². The van der Waals surface area contributed by atoms with Crippen molar-refractivity contribution < 1.29 is 9.53 Å². The molecule has 0 bridgehead atoms. The molecule has 102 valence electrons. The van der Waals surface area contributed by atoms with Gasteiger partial charge in [-0.1, -0.05) is 18.6 Å². The molecule has 1 aromatic rings. The number of hydrogen-bond acceptors (Lipinski definition) is 3. The third-order valence-corrected chi connectivity index (χ3v) is 3.38. The Hall–Kier alpha value is -1.29. The number of ether oxygens (including phenoxy) is 1. The number of Topliss-reactive ketones (excluding diaryl/α,β-unsaturated/α-hetero) is 1. The van der Waals surface area contributed by atoms with E-state index in [0.717, 1.165) is 6.54 Å². The molecule has 0 aromatic heterocycles. The molecule has 2 radical (unpaired) electrons. The van der Waals surface area contributed by atoms with Gasteiger partial charge in [0.2, 0.25) is 0 Å². The van der Waals surface area contributed by atoms with Crippen molar-refractivity contribution in [3.8, 4) is 5.75 Å². The molecule has 0 amide bonds. The fraction of sp³-hybridized carbons (Fsp3) is 0.533. The Morgan fingerprint density at radius 3 is 2.68 bits per heavy atom. The normalized spacial score (nSPS) is 15.9. The maximum atomic E-state index is 11.4. The third kappa shape index (κ3) is 4.71. The molecule has 19 heavy (non-hydrogen) atoms. The predicted octanol–water partition coefficient (Wildman–Crippen LogP) is 2.11. The lowest BCUT2D eigenvalue weighted by molar-refractivity contribution is 0.101. The number of ketones is 1. The standard InChI is InChI=1S/C15H21NO2.BH/c1-13(17)14-7-3-4-8-15(14)18-12-11-16-9-5-2-6-10-16;/h3-4,7-8H,2,5-6,9-12H2,1H3;1H/i;1D. The van der Waals surface area contributed by atoms with Crippen molar-refractivity contribution >= 4 is 14.2 Å². The molecule has 1 aliphatic heterocycles. The Bertz CT molecular complexity index is 409. The van der Waals surface area contributed by atoms with Crippen molar-refractivity contribution in [1.29, 1.82) is 1.34 Å². The van der Waals surface area contributed by atoms with Crippen LogP contribution in [0.25, 0.3) is 0 Å². The topological polar surface area (TPSA) is 29.5 Å². The highest BCUT2D eigenvalue weighted by atomic mass is 16.5. The molecular formula is C15H22BNO2. The maximum Gasteiger partial charge on any atom is 0.163 e. The molecule has 1 saturated heterocycles. The molecule has 1 aliphatic rings. The molecule has 1 aromatic carbocycles. The summed E-state index contributed by atoms with van der Waals surface area (Å²) >= 11 is 0. The van der Waals surface area contributed by atoms with E-state index >= 15 is 0 Å². The molecule has 0 spiro atoms. The molecule has 3 nitrogen and oxygen atoms in total. The van der Waals surface area contributed by atoms with Crippen molar-refractivity contribution in [2.24, 2.45) is 0 Å².